The molecule has 17 heavy (non-hydrogen) atoms. The van der Waals surface area contributed by atoms with E-state index in [1.165, 1.54) is 0 Å². The van der Waals surface area contributed by atoms with E-state index in [2.05, 4.69) is 19.2 Å². The molecule has 2 fully saturated rings. The van der Waals surface area contributed by atoms with E-state index in [1.807, 2.05) is 4.90 Å². The number of nitrogens with one attached hydrogen (secondary N) is 1. The summed E-state index contributed by atoms with van der Waals surface area (Å²) in [5, 5.41) is 3.33. The molecular weight excluding hydrogens is 216 g/mol. The zero-order chi connectivity index (χ0) is 12.3. The van der Waals surface area contributed by atoms with E-state index in [0.717, 1.165) is 32.7 Å². The van der Waals surface area contributed by atoms with E-state index in [4.69, 9.17) is 4.74 Å². The van der Waals surface area contributed by atoms with Gasteiger partial charge in [-0.2, -0.15) is 0 Å². The van der Waals surface area contributed by atoms with Gasteiger partial charge in [0.25, 0.3) is 0 Å². The first-order valence-corrected chi connectivity index (χ1v) is 6.75. The van der Waals surface area contributed by atoms with Crippen LogP contribution in [0, 0.1) is 11.8 Å². The number of nitrogens with zero attached hydrogens (tertiary/aromatic N) is 1. The topological polar surface area (TPSA) is 41.6 Å². The first-order valence-electron chi connectivity index (χ1n) is 6.75. The van der Waals surface area contributed by atoms with Gasteiger partial charge in [-0.05, 0) is 18.3 Å². The molecule has 0 radical (unpaired) electrons. The molecule has 1 N–H and O–H groups in total. The molecule has 2 atom stereocenters. The van der Waals surface area contributed by atoms with Gasteiger partial charge in [-0.3, -0.25) is 4.79 Å². The molecule has 0 aromatic carbocycles. The summed E-state index contributed by atoms with van der Waals surface area (Å²) in [5.41, 5.74) is 0. The van der Waals surface area contributed by atoms with Crippen molar-refractivity contribution in [1.82, 2.24) is 10.2 Å². The molecule has 0 aliphatic carbocycles. The summed E-state index contributed by atoms with van der Waals surface area (Å²) in [6.07, 6.45) is 1.75. The normalized spacial score (nSPS) is 29.9. The average Bonchev–Trinajstić information content (AvgIpc) is 2.79. The highest BCUT2D eigenvalue weighted by atomic mass is 16.5. The van der Waals surface area contributed by atoms with E-state index in [0.29, 0.717) is 24.9 Å². The maximum Gasteiger partial charge on any atom is 0.224 e. The summed E-state index contributed by atoms with van der Waals surface area (Å²) in [7, 11) is 0. The fourth-order valence-corrected chi connectivity index (χ4v) is 2.65. The Hall–Kier alpha value is -0.610. The van der Waals surface area contributed by atoms with Crippen molar-refractivity contribution in [1.29, 1.82) is 0 Å². The standard InChI is InChI=1S/C13H24N2O2/c1-10(2)11-3-5-15(8-11)13(16)7-12-9-17-6-4-14-12/h10-12,14H,3-9H2,1-2H3. The Labute approximate surface area is 104 Å². The van der Waals surface area contributed by atoms with Crippen LogP contribution < -0.4 is 5.32 Å². The first-order chi connectivity index (χ1) is 8.16. The Morgan fingerprint density at radius 1 is 1.53 bits per heavy atom. The zero-order valence-electron chi connectivity index (χ0n) is 10.9. The minimum absolute atomic E-state index is 0.217. The van der Waals surface area contributed by atoms with Crippen LogP contribution in [0.2, 0.25) is 0 Å². The number of hydrogen-bond donors (Lipinski definition) is 1. The number of amides is 1. The molecule has 2 rings (SSSR count). The van der Waals surface area contributed by atoms with Crippen molar-refractivity contribution in [2.75, 3.05) is 32.8 Å². The van der Waals surface area contributed by atoms with Gasteiger partial charge in [-0.15, -0.1) is 0 Å². The number of morpholine rings is 1. The number of hydrogen-bond acceptors (Lipinski definition) is 3. The summed E-state index contributed by atoms with van der Waals surface area (Å²) in [6.45, 7) is 8.69. The van der Waals surface area contributed by atoms with Gasteiger partial charge in [-0.25, -0.2) is 0 Å². The van der Waals surface area contributed by atoms with Gasteiger partial charge in [0.15, 0.2) is 0 Å². The molecule has 2 heterocycles. The predicted molar refractivity (Wildman–Crippen MR) is 66.8 cm³/mol. The van der Waals surface area contributed by atoms with Crippen molar-refractivity contribution in [3.8, 4) is 0 Å². The van der Waals surface area contributed by atoms with Gasteiger partial charge < -0.3 is 15.0 Å². The molecule has 1 amide bonds. The smallest absolute Gasteiger partial charge is 0.224 e. The largest absolute Gasteiger partial charge is 0.378 e. The summed E-state index contributed by atoms with van der Waals surface area (Å²) in [4.78, 5) is 14.1. The van der Waals surface area contributed by atoms with Crippen LogP contribution >= 0.6 is 0 Å². The number of ether oxygens (including phenoxy) is 1. The van der Waals surface area contributed by atoms with Crippen LogP contribution in [0.5, 0.6) is 0 Å². The van der Waals surface area contributed by atoms with Gasteiger partial charge in [0.2, 0.25) is 5.91 Å². The molecule has 4 nitrogen and oxygen atoms in total. The van der Waals surface area contributed by atoms with Crippen molar-refractivity contribution in [3.63, 3.8) is 0 Å². The van der Waals surface area contributed by atoms with Crippen molar-refractivity contribution >= 4 is 5.91 Å². The Morgan fingerprint density at radius 2 is 2.35 bits per heavy atom. The van der Waals surface area contributed by atoms with Crippen LogP contribution in [0.4, 0.5) is 0 Å². The second-order valence-electron chi connectivity index (χ2n) is 5.56. The van der Waals surface area contributed by atoms with E-state index in [9.17, 15) is 4.79 Å². The molecule has 0 bridgehead atoms. The maximum atomic E-state index is 12.1. The first kappa shape index (κ1) is 12.8. The third-order valence-corrected chi connectivity index (χ3v) is 3.94. The van der Waals surface area contributed by atoms with Gasteiger partial charge >= 0.3 is 0 Å². The van der Waals surface area contributed by atoms with E-state index in [1.54, 1.807) is 0 Å². The van der Waals surface area contributed by atoms with Crippen molar-refractivity contribution < 1.29 is 9.53 Å². The fourth-order valence-electron chi connectivity index (χ4n) is 2.65. The quantitative estimate of drug-likeness (QED) is 0.796. The highest BCUT2D eigenvalue weighted by Crippen LogP contribution is 2.24. The number of rotatable bonds is 3. The molecule has 98 valence electrons. The van der Waals surface area contributed by atoms with Gasteiger partial charge in [0.05, 0.1) is 13.2 Å². The predicted octanol–water partition coefficient (Wildman–Crippen LogP) is 0.869. The molecule has 0 spiro atoms. The van der Waals surface area contributed by atoms with Crippen LogP contribution in [-0.4, -0.2) is 49.7 Å². The molecular formula is C13H24N2O2. The molecule has 2 aliphatic rings. The monoisotopic (exact) mass is 240 g/mol. The Bertz CT molecular complexity index is 262. The third kappa shape index (κ3) is 3.42. The van der Waals surface area contributed by atoms with Crippen LogP contribution in [0.25, 0.3) is 0 Å². The summed E-state index contributed by atoms with van der Waals surface area (Å²) < 4.78 is 5.37. The van der Waals surface area contributed by atoms with Crippen molar-refractivity contribution in [3.05, 3.63) is 0 Å². The average molecular weight is 240 g/mol. The number of carbonyl (C=O) groups excluding carboxylic acids is 1. The maximum absolute atomic E-state index is 12.1. The number of carbonyl (C=O) groups is 1. The third-order valence-electron chi connectivity index (χ3n) is 3.94. The van der Waals surface area contributed by atoms with E-state index in [-0.39, 0.29) is 11.9 Å². The van der Waals surface area contributed by atoms with E-state index < -0.39 is 0 Å². The Morgan fingerprint density at radius 3 is 2.94 bits per heavy atom. The SMILES string of the molecule is CC(C)C1CCN(C(=O)CC2COCCN2)C1. The zero-order valence-corrected chi connectivity index (χ0v) is 10.9. The van der Waals surface area contributed by atoms with E-state index >= 15 is 0 Å². The Balaban J connectivity index is 1.76. The highest BCUT2D eigenvalue weighted by molar-refractivity contribution is 5.77. The molecule has 2 saturated heterocycles. The minimum Gasteiger partial charge on any atom is -0.378 e. The van der Waals surface area contributed by atoms with Crippen LogP contribution in [-0.2, 0) is 9.53 Å². The lowest BCUT2D eigenvalue weighted by atomic mass is 9.95. The molecule has 0 saturated carbocycles. The van der Waals surface area contributed by atoms with Crippen LogP contribution in [0.1, 0.15) is 26.7 Å². The van der Waals surface area contributed by atoms with Crippen molar-refractivity contribution in [2.24, 2.45) is 11.8 Å². The lowest BCUT2D eigenvalue weighted by Gasteiger charge is -2.25. The second kappa shape index (κ2) is 5.83. The van der Waals surface area contributed by atoms with Gasteiger partial charge in [0.1, 0.15) is 0 Å². The van der Waals surface area contributed by atoms with Crippen LogP contribution in [0.3, 0.4) is 0 Å². The molecule has 4 heteroatoms. The molecule has 0 aromatic heterocycles. The Kier molecular flexibility index (Phi) is 4.40. The van der Waals surface area contributed by atoms with Gasteiger partial charge in [-0.1, -0.05) is 13.8 Å². The molecule has 2 unspecified atom stereocenters. The fraction of sp³-hybridized carbons (Fsp3) is 0.923. The second-order valence-corrected chi connectivity index (χ2v) is 5.56. The molecule has 0 aromatic rings. The highest BCUT2D eigenvalue weighted by Gasteiger charge is 2.29. The summed E-state index contributed by atoms with van der Waals surface area (Å²) in [5.74, 6) is 1.66. The lowest BCUT2D eigenvalue weighted by Crippen LogP contribution is -2.44. The minimum atomic E-state index is 0.217. The molecule has 2 aliphatic heterocycles. The summed E-state index contributed by atoms with van der Waals surface area (Å²) in [6, 6.07) is 0.217. The van der Waals surface area contributed by atoms with Gasteiger partial charge in [0, 0.05) is 32.1 Å². The van der Waals surface area contributed by atoms with Crippen molar-refractivity contribution in [2.45, 2.75) is 32.7 Å². The van der Waals surface area contributed by atoms with Crippen LogP contribution in [0.15, 0.2) is 0 Å². The number of likely N-dealkylation sites (tertiary alicyclic amines) is 1. The summed E-state index contributed by atoms with van der Waals surface area (Å²) >= 11 is 0. The lowest BCUT2D eigenvalue weighted by molar-refractivity contribution is -0.131.